The summed E-state index contributed by atoms with van der Waals surface area (Å²) < 4.78 is 22.5. The van der Waals surface area contributed by atoms with Crippen LogP contribution in [0.25, 0.3) is 0 Å². The van der Waals surface area contributed by atoms with Crippen LogP contribution in [-0.2, 0) is 14.6 Å². The van der Waals surface area contributed by atoms with E-state index in [-0.39, 0.29) is 23.5 Å². The Labute approximate surface area is 103 Å². The molecular weight excluding hydrogens is 240 g/mol. The fraction of sp³-hybridized carbons (Fsp3) is 0.909. The average Bonchev–Trinajstić information content (AvgIpc) is 2.30. The van der Waals surface area contributed by atoms with Gasteiger partial charge >= 0.3 is 0 Å². The molecule has 1 fully saturated rings. The zero-order valence-electron chi connectivity index (χ0n) is 10.5. The second-order valence-corrected chi connectivity index (χ2v) is 7.32. The number of rotatable bonds is 4. The van der Waals surface area contributed by atoms with Gasteiger partial charge in [-0.15, -0.1) is 0 Å². The molecule has 100 valence electrons. The van der Waals surface area contributed by atoms with Gasteiger partial charge in [-0.2, -0.15) is 0 Å². The molecule has 1 heterocycles. The molecule has 0 saturated carbocycles. The van der Waals surface area contributed by atoms with Crippen LogP contribution in [0, 0.1) is 5.41 Å². The molecule has 0 aromatic rings. The molecule has 1 rings (SSSR count). The van der Waals surface area contributed by atoms with Crippen LogP contribution in [0.1, 0.15) is 33.1 Å². The highest BCUT2D eigenvalue weighted by Gasteiger charge is 2.32. The first kappa shape index (κ1) is 14.4. The number of hydrogen-bond acceptors (Lipinski definition) is 4. The highest BCUT2D eigenvalue weighted by molar-refractivity contribution is 7.91. The first-order valence-corrected chi connectivity index (χ1v) is 7.86. The van der Waals surface area contributed by atoms with Gasteiger partial charge in [0.05, 0.1) is 16.9 Å². The number of sulfone groups is 1. The van der Waals surface area contributed by atoms with E-state index in [2.05, 4.69) is 5.32 Å². The van der Waals surface area contributed by atoms with Crippen molar-refractivity contribution in [1.82, 2.24) is 5.32 Å². The first-order chi connectivity index (χ1) is 7.83. The Kier molecular flexibility index (Phi) is 4.55. The van der Waals surface area contributed by atoms with E-state index in [0.29, 0.717) is 25.8 Å². The van der Waals surface area contributed by atoms with E-state index in [1.807, 2.05) is 13.8 Å². The Morgan fingerprint density at radius 2 is 1.94 bits per heavy atom. The number of nitrogens with one attached hydrogen (secondary N) is 1. The average molecular weight is 262 g/mol. The molecule has 0 aromatic heterocycles. The maximum Gasteiger partial charge on any atom is 0.227 e. The Balaban J connectivity index is 2.54. The highest BCUT2D eigenvalue weighted by atomic mass is 32.2. The summed E-state index contributed by atoms with van der Waals surface area (Å²) in [5, 5.41) is 2.92. The van der Waals surface area contributed by atoms with Crippen molar-refractivity contribution in [1.29, 1.82) is 0 Å². The molecule has 0 radical (unpaired) electrons. The van der Waals surface area contributed by atoms with Gasteiger partial charge in [-0.3, -0.25) is 4.79 Å². The third-order valence-corrected chi connectivity index (χ3v) is 5.38. The monoisotopic (exact) mass is 262 g/mol. The lowest BCUT2D eigenvalue weighted by atomic mass is 9.86. The van der Waals surface area contributed by atoms with Gasteiger partial charge in [-0.1, -0.05) is 6.92 Å². The predicted octanol–water partition coefficient (Wildman–Crippen LogP) is 0.0548. The van der Waals surface area contributed by atoms with Gasteiger partial charge < -0.3 is 11.1 Å². The van der Waals surface area contributed by atoms with Crippen LogP contribution in [0.5, 0.6) is 0 Å². The van der Waals surface area contributed by atoms with Crippen LogP contribution in [0.4, 0.5) is 0 Å². The Bertz CT molecular complexity index is 360. The van der Waals surface area contributed by atoms with Gasteiger partial charge in [-0.05, 0) is 26.2 Å². The third-order valence-electron chi connectivity index (χ3n) is 3.67. The van der Waals surface area contributed by atoms with Crippen molar-refractivity contribution >= 4 is 15.7 Å². The van der Waals surface area contributed by atoms with E-state index in [1.165, 1.54) is 0 Å². The van der Waals surface area contributed by atoms with Crippen LogP contribution in [0.2, 0.25) is 0 Å². The van der Waals surface area contributed by atoms with Gasteiger partial charge in [0.15, 0.2) is 0 Å². The molecule has 5 nitrogen and oxygen atoms in total. The summed E-state index contributed by atoms with van der Waals surface area (Å²) in [6, 6.07) is -0.0246. The van der Waals surface area contributed by atoms with E-state index >= 15 is 0 Å². The quantitative estimate of drug-likeness (QED) is 0.749. The maximum absolute atomic E-state index is 12.0. The summed E-state index contributed by atoms with van der Waals surface area (Å²) in [7, 11) is -2.87. The van der Waals surface area contributed by atoms with Crippen LogP contribution in [-0.4, -0.2) is 38.4 Å². The zero-order valence-corrected chi connectivity index (χ0v) is 11.3. The first-order valence-electron chi connectivity index (χ1n) is 6.04. The Hall–Kier alpha value is -0.620. The SMILES string of the molecule is CCC(C)(CN)C(=O)NC1CCS(=O)(=O)CC1. The van der Waals surface area contributed by atoms with Crippen molar-refractivity contribution in [3.05, 3.63) is 0 Å². The third kappa shape index (κ3) is 3.67. The minimum atomic E-state index is -2.87. The molecule has 1 aliphatic rings. The van der Waals surface area contributed by atoms with Crippen molar-refractivity contribution in [2.75, 3.05) is 18.1 Å². The van der Waals surface area contributed by atoms with E-state index in [4.69, 9.17) is 5.73 Å². The number of carbonyl (C=O) groups excluding carboxylic acids is 1. The smallest absolute Gasteiger partial charge is 0.227 e. The van der Waals surface area contributed by atoms with Crippen molar-refractivity contribution in [2.24, 2.45) is 11.1 Å². The minimum absolute atomic E-state index is 0.0246. The zero-order chi connectivity index (χ0) is 13.1. The predicted molar refractivity (Wildman–Crippen MR) is 67.3 cm³/mol. The van der Waals surface area contributed by atoms with Gasteiger partial charge in [0.1, 0.15) is 9.84 Å². The summed E-state index contributed by atoms with van der Waals surface area (Å²) in [5.41, 5.74) is 5.06. The molecule has 0 spiro atoms. The number of hydrogen-bond donors (Lipinski definition) is 2. The minimum Gasteiger partial charge on any atom is -0.353 e. The van der Waals surface area contributed by atoms with Crippen LogP contribution in [0.15, 0.2) is 0 Å². The maximum atomic E-state index is 12.0. The summed E-state index contributed by atoms with van der Waals surface area (Å²) in [5.74, 6) is 0.277. The molecule has 3 N–H and O–H groups in total. The van der Waals surface area contributed by atoms with E-state index in [1.54, 1.807) is 0 Å². The molecule has 1 amide bonds. The molecule has 0 aliphatic carbocycles. The molecule has 1 atom stereocenters. The van der Waals surface area contributed by atoms with E-state index in [0.717, 1.165) is 0 Å². The summed E-state index contributed by atoms with van der Waals surface area (Å²) in [4.78, 5) is 12.0. The number of carbonyl (C=O) groups is 1. The fourth-order valence-electron chi connectivity index (χ4n) is 1.79. The lowest BCUT2D eigenvalue weighted by molar-refractivity contribution is -0.130. The van der Waals surface area contributed by atoms with Crippen molar-refractivity contribution in [3.8, 4) is 0 Å². The lowest BCUT2D eigenvalue weighted by Gasteiger charge is -2.30. The molecule has 1 aliphatic heterocycles. The molecule has 1 saturated heterocycles. The van der Waals surface area contributed by atoms with E-state index in [9.17, 15) is 13.2 Å². The number of amides is 1. The Morgan fingerprint density at radius 3 is 2.35 bits per heavy atom. The van der Waals surface area contributed by atoms with Gasteiger partial charge in [-0.25, -0.2) is 8.42 Å². The molecule has 0 bridgehead atoms. The largest absolute Gasteiger partial charge is 0.353 e. The van der Waals surface area contributed by atoms with Crippen LogP contribution in [0.3, 0.4) is 0 Å². The molecular formula is C11H22N2O3S. The standard InChI is InChI=1S/C11H22N2O3S/c1-3-11(2,8-12)10(14)13-9-4-6-17(15,16)7-5-9/h9H,3-8,12H2,1-2H3,(H,13,14). The van der Waals surface area contributed by atoms with Crippen LogP contribution < -0.4 is 11.1 Å². The van der Waals surface area contributed by atoms with E-state index < -0.39 is 15.3 Å². The highest BCUT2D eigenvalue weighted by Crippen LogP contribution is 2.21. The topological polar surface area (TPSA) is 89.3 Å². The van der Waals surface area contributed by atoms with Gasteiger partial charge in [0.2, 0.25) is 5.91 Å². The normalized spacial score (nSPS) is 23.9. The summed E-state index contributed by atoms with van der Waals surface area (Å²) in [6.07, 6.45) is 1.71. The molecule has 17 heavy (non-hydrogen) atoms. The van der Waals surface area contributed by atoms with Crippen molar-refractivity contribution in [3.63, 3.8) is 0 Å². The lowest BCUT2D eigenvalue weighted by Crippen LogP contribution is -2.49. The van der Waals surface area contributed by atoms with Gasteiger partial charge in [0, 0.05) is 12.6 Å². The molecule has 0 aromatic carbocycles. The summed E-state index contributed by atoms with van der Waals surface area (Å²) >= 11 is 0. The molecule has 6 heteroatoms. The second-order valence-electron chi connectivity index (χ2n) is 5.02. The van der Waals surface area contributed by atoms with Crippen molar-refractivity contribution in [2.45, 2.75) is 39.2 Å². The van der Waals surface area contributed by atoms with Crippen LogP contribution >= 0.6 is 0 Å². The van der Waals surface area contributed by atoms with Gasteiger partial charge in [0.25, 0.3) is 0 Å². The number of nitrogens with two attached hydrogens (primary N) is 1. The molecule has 1 unspecified atom stereocenters. The van der Waals surface area contributed by atoms with Crippen molar-refractivity contribution < 1.29 is 13.2 Å². The Morgan fingerprint density at radius 1 is 1.41 bits per heavy atom. The summed E-state index contributed by atoms with van der Waals surface area (Å²) in [6.45, 7) is 4.07. The second kappa shape index (κ2) is 5.35. The fourth-order valence-corrected chi connectivity index (χ4v) is 3.28.